The molecule has 2 N–H and O–H groups in total. The van der Waals surface area contributed by atoms with E-state index in [1.165, 1.54) is 11.1 Å². The van der Waals surface area contributed by atoms with Crippen molar-refractivity contribution in [1.29, 1.82) is 0 Å². The third-order valence-electron chi connectivity index (χ3n) is 7.62. The monoisotopic (exact) mass is 320 g/mol. The third kappa shape index (κ3) is 1.87. The van der Waals surface area contributed by atoms with Gasteiger partial charge in [-0.2, -0.15) is 0 Å². The van der Waals surface area contributed by atoms with E-state index in [2.05, 4.69) is 13.8 Å². The van der Waals surface area contributed by atoms with Crippen LogP contribution in [0.3, 0.4) is 0 Å². The van der Waals surface area contributed by atoms with E-state index in [1.807, 2.05) is 13.0 Å². The maximum absolute atomic E-state index is 16.5. The maximum atomic E-state index is 16.5. The Kier molecular flexibility index (Phi) is 3.23. The molecular formula is C20H29FO2. The molecule has 4 aliphatic rings. The minimum Gasteiger partial charge on any atom is -0.389 e. The fourth-order valence-electron chi connectivity index (χ4n) is 6.13. The average molecular weight is 320 g/mol. The van der Waals surface area contributed by atoms with Gasteiger partial charge in [-0.25, -0.2) is 4.39 Å². The second-order valence-corrected chi connectivity index (χ2v) is 9.10. The van der Waals surface area contributed by atoms with E-state index >= 15 is 4.39 Å². The number of allylic oxidation sites excluding steroid dienone is 2. The third-order valence-corrected chi connectivity index (χ3v) is 7.62. The van der Waals surface area contributed by atoms with Gasteiger partial charge in [0.05, 0.1) is 12.2 Å². The molecule has 4 aliphatic carbocycles. The summed E-state index contributed by atoms with van der Waals surface area (Å²) in [4.78, 5) is 0. The van der Waals surface area contributed by atoms with E-state index in [1.54, 1.807) is 0 Å². The van der Waals surface area contributed by atoms with E-state index in [4.69, 9.17) is 0 Å². The van der Waals surface area contributed by atoms with Gasteiger partial charge in [-0.3, -0.25) is 0 Å². The first-order valence-electron chi connectivity index (χ1n) is 9.19. The van der Waals surface area contributed by atoms with Crippen LogP contribution in [0.25, 0.3) is 0 Å². The zero-order chi connectivity index (χ0) is 16.6. The highest BCUT2D eigenvalue weighted by Gasteiger charge is 2.65. The number of rotatable bonds is 0. The molecule has 5 atom stereocenters. The molecule has 0 amide bonds. The Hall–Kier alpha value is -0.670. The number of halogens is 1. The van der Waals surface area contributed by atoms with Crippen molar-refractivity contribution in [2.45, 2.75) is 83.6 Å². The second kappa shape index (κ2) is 4.70. The molecule has 1 fully saturated rings. The lowest BCUT2D eigenvalue weighted by molar-refractivity contribution is -0.139. The van der Waals surface area contributed by atoms with Crippen LogP contribution in [0.2, 0.25) is 0 Å². The SMILES string of the molecule is CC1(C)CCC2=C1CC(O)[C@@]1(F)C2CCC2=C[C@H](O)CCC21C. The van der Waals surface area contributed by atoms with Gasteiger partial charge in [0, 0.05) is 11.3 Å². The highest BCUT2D eigenvalue weighted by molar-refractivity contribution is 5.42. The first kappa shape index (κ1) is 15.8. The lowest BCUT2D eigenvalue weighted by Crippen LogP contribution is -2.62. The van der Waals surface area contributed by atoms with Gasteiger partial charge in [-0.15, -0.1) is 0 Å². The zero-order valence-corrected chi connectivity index (χ0v) is 14.5. The summed E-state index contributed by atoms with van der Waals surface area (Å²) in [7, 11) is 0. The minimum absolute atomic E-state index is 0.109. The fraction of sp³-hybridized carbons (Fsp3) is 0.800. The van der Waals surface area contributed by atoms with Gasteiger partial charge in [-0.05, 0) is 50.4 Å². The molecule has 128 valence electrons. The first-order valence-corrected chi connectivity index (χ1v) is 9.19. The number of hydrogen-bond donors (Lipinski definition) is 2. The van der Waals surface area contributed by atoms with Crippen molar-refractivity contribution in [3.05, 3.63) is 22.8 Å². The fourth-order valence-corrected chi connectivity index (χ4v) is 6.13. The number of hydrogen-bond acceptors (Lipinski definition) is 2. The molecule has 0 spiro atoms. The molecule has 0 aromatic heterocycles. The Morgan fingerprint density at radius 3 is 2.57 bits per heavy atom. The molecule has 0 radical (unpaired) electrons. The molecule has 0 aliphatic heterocycles. The zero-order valence-electron chi connectivity index (χ0n) is 14.5. The minimum atomic E-state index is -1.57. The summed E-state index contributed by atoms with van der Waals surface area (Å²) in [6.45, 7) is 6.46. The first-order chi connectivity index (χ1) is 10.7. The molecule has 23 heavy (non-hydrogen) atoms. The van der Waals surface area contributed by atoms with Crippen molar-refractivity contribution >= 4 is 0 Å². The van der Waals surface area contributed by atoms with Crippen LogP contribution in [-0.2, 0) is 0 Å². The Balaban J connectivity index is 1.84. The number of aliphatic hydroxyl groups excluding tert-OH is 2. The molecule has 0 heterocycles. The summed E-state index contributed by atoms with van der Waals surface area (Å²) in [5.41, 5.74) is 1.59. The maximum Gasteiger partial charge on any atom is 0.152 e. The van der Waals surface area contributed by atoms with Crippen molar-refractivity contribution in [2.75, 3.05) is 0 Å². The number of fused-ring (bicyclic) bond motifs is 4. The molecule has 0 bridgehead atoms. The van der Waals surface area contributed by atoms with Gasteiger partial charge in [0.25, 0.3) is 0 Å². The lowest BCUT2D eigenvalue weighted by atomic mass is 9.49. The summed E-state index contributed by atoms with van der Waals surface area (Å²) in [5, 5.41) is 20.9. The highest BCUT2D eigenvalue weighted by Crippen LogP contribution is 2.65. The van der Waals surface area contributed by atoms with Gasteiger partial charge < -0.3 is 10.2 Å². The normalized spacial score (nSPS) is 48.4. The van der Waals surface area contributed by atoms with E-state index in [9.17, 15) is 10.2 Å². The van der Waals surface area contributed by atoms with Gasteiger partial charge >= 0.3 is 0 Å². The standard InChI is InChI=1S/C20H29FO2/c1-18(2)8-7-14-15-5-4-12-10-13(22)6-9-19(12,3)20(15,21)17(23)11-16(14)18/h10,13,15,17,22-23H,4-9,11H2,1-3H3/t13-,15?,17?,19?,20+/m1/s1. The molecule has 1 saturated carbocycles. The smallest absolute Gasteiger partial charge is 0.152 e. The van der Waals surface area contributed by atoms with Crippen LogP contribution in [0.15, 0.2) is 22.8 Å². The average Bonchev–Trinajstić information content (AvgIpc) is 2.77. The van der Waals surface area contributed by atoms with Crippen LogP contribution in [0, 0.1) is 16.7 Å². The van der Waals surface area contributed by atoms with Crippen LogP contribution in [-0.4, -0.2) is 28.1 Å². The molecule has 0 aromatic rings. The van der Waals surface area contributed by atoms with Crippen LogP contribution in [0.5, 0.6) is 0 Å². The molecule has 0 aromatic carbocycles. The van der Waals surface area contributed by atoms with E-state index < -0.39 is 23.3 Å². The molecule has 2 nitrogen and oxygen atoms in total. The van der Waals surface area contributed by atoms with Crippen molar-refractivity contribution in [1.82, 2.24) is 0 Å². The topological polar surface area (TPSA) is 40.5 Å². The quantitative estimate of drug-likeness (QED) is 0.660. The van der Waals surface area contributed by atoms with Crippen molar-refractivity contribution in [3.8, 4) is 0 Å². The lowest BCUT2D eigenvalue weighted by Gasteiger charge is -2.58. The molecular weight excluding hydrogens is 291 g/mol. The van der Waals surface area contributed by atoms with E-state index in [0.29, 0.717) is 19.3 Å². The number of aliphatic hydroxyl groups is 2. The predicted octanol–water partition coefficient (Wildman–Crippen LogP) is 4.07. The van der Waals surface area contributed by atoms with Crippen molar-refractivity contribution < 1.29 is 14.6 Å². The largest absolute Gasteiger partial charge is 0.389 e. The summed E-state index contributed by atoms with van der Waals surface area (Å²) >= 11 is 0. The van der Waals surface area contributed by atoms with Crippen molar-refractivity contribution in [2.24, 2.45) is 16.7 Å². The van der Waals surface area contributed by atoms with Crippen LogP contribution < -0.4 is 0 Å². The van der Waals surface area contributed by atoms with Crippen molar-refractivity contribution in [3.63, 3.8) is 0 Å². The summed E-state index contributed by atoms with van der Waals surface area (Å²) < 4.78 is 16.5. The van der Waals surface area contributed by atoms with Crippen LogP contribution in [0.4, 0.5) is 4.39 Å². The van der Waals surface area contributed by atoms with Crippen LogP contribution >= 0.6 is 0 Å². The molecule has 0 saturated heterocycles. The van der Waals surface area contributed by atoms with Gasteiger partial charge in [0.15, 0.2) is 5.67 Å². The molecule has 3 heteroatoms. The summed E-state index contributed by atoms with van der Waals surface area (Å²) in [5.74, 6) is -0.139. The Labute approximate surface area is 138 Å². The van der Waals surface area contributed by atoms with Gasteiger partial charge in [-0.1, -0.05) is 43.6 Å². The van der Waals surface area contributed by atoms with Gasteiger partial charge in [0.2, 0.25) is 0 Å². The second-order valence-electron chi connectivity index (χ2n) is 9.10. The number of alkyl halides is 1. The van der Waals surface area contributed by atoms with Gasteiger partial charge in [0.1, 0.15) is 0 Å². The summed E-state index contributed by atoms with van der Waals surface area (Å²) in [6.07, 6.45) is 5.92. The van der Waals surface area contributed by atoms with Crippen LogP contribution in [0.1, 0.15) is 65.7 Å². The Bertz CT molecular complexity index is 605. The highest BCUT2D eigenvalue weighted by atomic mass is 19.1. The molecule has 3 unspecified atom stereocenters. The predicted molar refractivity (Wildman–Crippen MR) is 88.7 cm³/mol. The van der Waals surface area contributed by atoms with E-state index in [-0.39, 0.29) is 11.3 Å². The Morgan fingerprint density at radius 1 is 1.09 bits per heavy atom. The summed E-state index contributed by atoms with van der Waals surface area (Å²) in [6, 6.07) is 0. The molecule has 4 rings (SSSR count). The Morgan fingerprint density at radius 2 is 1.83 bits per heavy atom. The van der Waals surface area contributed by atoms with E-state index in [0.717, 1.165) is 31.3 Å².